The van der Waals surface area contributed by atoms with Gasteiger partial charge >= 0.3 is 0 Å². The molecular weight excluding hydrogens is 458 g/mol. The topological polar surface area (TPSA) is 78.0 Å². The number of alkyl halides is 2. The third kappa shape index (κ3) is 4.04. The molecule has 33 heavy (non-hydrogen) atoms. The van der Waals surface area contributed by atoms with Crippen molar-refractivity contribution in [2.45, 2.75) is 18.4 Å². The second kappa shape index (κ2) is 8.35. The molecule has 2 aliphatic rings. The van der Waals surface area contributed by atoms with Crippen molar-refractivity contribution in [3.63, 3.8) is 0 Å². The molecule has 0 spiro atoms. The van der Waals surface area contributed by atoms with Gasteiger partial charge in [-0.25, -0.2) is 18.7 Å². The minimum absolute atomic E-state index is 0.0439. The molecule has 0 bridgehead atoms. The maximum Gasteiger partial charge on any atom is 0.296 e. The van der Waals surface area contributed by atoms with E-state index in [0.717, 1.165) is 0 Å². The van der Waals surface area contributed by atoms with Gasteiger partial charge in [-0.3, -0.25) is 0 Å². The Labute approximate surface area is 194 Å². The minimum atomic E-state index is -3.07. The van der Waals surface area contributed by atoms with E-state index in [2.05, 4.69) is 15.3 Å². The van der Waals surface area contributed by atoms with Crippen molar-refractivity contribution < 1.29 is 29.1 Å². The highest BCUT2D eigenvalue weighted by Gasteiger charge is 2.45. The fraction of sp³-hybridized carbons (Fsp3) is 0.364. The predicted molar refractivity (Wildman–Crippen MR) is 118 cm³/mol. The molecule has 1 N–H and O–H groups in total. The van der Waals surface area contributed by atoms with Crippen molar-refractivity contribution >= 4 is 34.0 Å². The highest BCUT2D eigenvalue weighted by Crippen LogP contribution is 2.46. The molecule has 5 rings (SSSR count). The lowest BCUT2D eigenvalue weighted by atomic mass is 10.0. The summed E-state index contributed by atoms with van der Waals surface area (Å²) in [5.74, 6) is -1.48. The summed E-state index contributed by atoms with van der Waals surface area (Å²) >= 11 is 6.40. The van der Waals surface area contributed by atoms with E-state index in [1.165, 1.54) is 12.4 Å². The zero-order chi connectivity index (χ0) is 23.9. The van der Waals surface area contributed by atoms with Crippen molar-refractivity contribution in [2.75, 3.05) is 39.3 Å². The number of methoxy groups -OCH3 is 1. The van der Waals surface area contributed by atoms with Crippen LogP contribution in [-0.2, 0) is 0 Å². The van der Waals surface area contributed by atoms with Gasteiger partial charge in [0.05, 0.1) is 30.9 Å². The Kier molecular flexibility index (Phi) is 5.18. The van der Waals surface area contributed by atoms with Crippen molar-refractivity contribution in [3.8, 4) is 23.0 Å². The maximum atomic E-state index is 14.8. The lowest BCUT2D eigenvalue weighted by molar-refractivity contribution is -0.134. The number of hydrogen-bond acceptors (Lipinski definition) is 8. The Morgan fingerprint density at radius 3 is 3.00 bits per heavy atom. The second-order valence-corrected chi connectivity index (χ2v) is 8.26. The summed E-state index contributed by atoms with van der Waals surface area (Å²) in [5, 5.41) is 3.85. The van der Waals surface area contributed by atoms with E-state index >= 15 is 0 Å². The van der Waals surface area contributed by atoms with Gasteiger partial charge in [-0.05, 0) is 19.2 Å². The first-order valence-corrected chi connectivity index (χ1v) is 10.5. The number of anilines is 2. The van der Waals surface area contributed by atoms with Gasteiger partial charge < -0.3 is 29.2 Å². The number of piperidine rings is 1. The largest absolute Gasteiger partial charge is 0.497 e. The number of aromatic nitrogens is 2. The molecule has 2 aromatic carbocycles. The molecule has 2 aliphatic heterocycles. The number of benzene rings is 2. The molecule has 1 saturated heterocycles. The van der Waals surface area contributed by atoms with Crippen LogP contribution in [0, 0.1) is 0 Å². The third-order valence-electron chi connectivity index (χ3n) is 5.57. The standard InChI is InChI=1S/C22H21ClF2N4O4/c1-29-6-5-17(22(24,25)9-29)33-16-8-12(30-2)7-14-18(16)21(27-10-26-14)28-19-13(23)3-4-15-20(19)32-11-31-15/h3-4,7-8,10,17H,5-6,9,11H2,1-2H3,(H,26,27,28)/t17-/m1/s1/i2D. The molecule has 174 valence electrons. The summed E-state index contributed by atoms with van der Waals surface area (Å²) in [4.78, 5) is 10.1. The van der Waals surface area contributed by atoms with E-state index in [1.807, 2.05) is 0 Å². The summed E-state index contributed by atoms with van der Waals surface area (Å²) in [6.07, 6.45) is 0.0959. The van der Waals surface area contributed by atoms with Gasteiger partial charge in [-0.2, -0.15) is 0 Å². The van der Waals surface area contributed by atoms with Crippen LogP contribution in [0.25, 0.3) is 10.9 Å². The second-order valence-electron chi connectivity index (χ2n) is 7.86. The van der Waals surface area contributed by atoms with Crippen LogP contribution in [0.2, 0.25) is 5.02 Å². The number of hydrogen-bond donors (Lipinski definition) is 1. The van der Waals surface area contributed by atoms with Gasteiger partial charge in [-0.1, -0.05) is 11.6 Å². The number of nitrogens with one attached hydrogen (secondary N) is 1. The lowest BCUT2D eigenvalue weighted by Gasteiger charge is -2.36. The van der Waals surface area contributed by atoms with E-state index in [9.17, 15) is 8.78 Å². The zero-order valence-electron chi connectivity index (χ0n) is 18.6. The summed E-state index contributed by atoms with van der Waals surface area (Å²) in [5.41, 5.74) is 0.800. The molecule has 1 fully saturated rings. The van der Waals surface area contributed by atoms with E-state index in [-0.39, 0.29) is 37.6 Å². The van der Waals surface area contributed by atoms with Crippen molar-refractivity contribution in [2.24, 2.45) is 0 Å². The van der Waals surface area contributed by atoms with E-state index in [4.69, 9.17) is 31.9 Å². The van der Waals surface area contributed by atoms with Gasteiger partial charge in [0.2, 0.25) is 6.79 Å². The average Bonchev–Trinajstić information content (AvgIpc) is 3.26. The zero-order valence-corrected chi connectivity index (χ0v) is 18.4. The van der Waals surface area contributed by atoms with Gasteiger partial charge in [0.25, 0.3) is 5.92 Å². The summed E-state index contributed by atoms with van der Waals surface area (Å²) in [6.45, 7) is 0.0945. The molecule has 0 radical (unpaired) electrons. The monoisotopic (exact) mass is 479 g/mol. The van der Waals surface area contributed by atoms with E-state index < -0.39 is 18.6 Å². The van der Waals surface area contributed by atoms with Gasteiger partial charge in [0.1, 0.15) is 29.3 Å². The van der Waals surface area contributed by atoms with Crippen molar-refractivity contribution in [3.05, 3.63) is 35.6 Å². The first-order chi connectivity index (χ1) is 16.4. The average molecular weight is 480 g/mol. The number of halogens is 3. The maximum absolute atomic E-state index is 14.8. The van der Waals surface area contributed by atoms with Crippen LogP contribution in [0.3, 0.4) is 0 Å². The molecule has 0 unspecified atom stereocenters. The Balaban J connectivity index is 1.60. The Bertz CT molecular complexity index is 1240. The molecule has 8 nitrogen and oxygen atoms in total. The quantitative estimate of drug-likeness (QED) is 0.574. The van der Waals surface area contributed by atoms with Crippen LogP contribution in [-0.4, -0.2) is 60.9 Å². The highest BCUT2D eigenvalue weighted by molar-refractivity contribution is 6.34. The van der Waals surface area contributed by atoms with Crippen LogP contribution < -0.4 is 24.3 Å². The lowest BCUT2D eigenvalue weighted by Crippen LogP contribution is -2.52. The molecular formula is C22H21ClF2N4O4. The normalized spacial score (nSPS) is 19.9. The van der Waals surface area contributed by atoms with Crippen LogP contribution >= 0.6 is 11.6 Å². The number of fused-ring (bicyclic) bond motifs is 2. The van der Waals surface area contributed by atoms with E-state index in [0.29, 0.717) is 39.7 Å². The van der Waals surface area contributed by atoms with Gasteiger partial charge in [0.15, 0.2) is 17.6 Å². The summed E-state index contributed by atoms with van der Waals surface area (Å²) in [6, 6.07) is 6.40. The van der Waals surface area contributed by atoms with Crippen LogP contribution in [0.1, 0.15) is 7.79 Å². The van der Waals surface area contributed by atoms with Crippen molar-refractivity contribution in [1.29, 1.82) is 0 Å². The molecule has 0 amide bonds. The van der Waals surface area contributed by atoms with Crippen LogP contribution in [0.4, 0.5) is 20.3 Å². The molecule has 11 heteroatoms. The van der Waals surface area contributed by atoms with Crippen LogP contribution in [0.5, 0.6) is 23.0 Å². The summed E-state index contributed by atoms with van der Waals surface area (Å²) < 4.78 is 59.1. The molecule has 3 aromatic rings. The smallest absolute Gasteiger partial charge is 0.296 e. The highest BCUT2D eigenvalue weighted by atomic mass is 35.5. The fourth-order valence-corrected chi connectivity index (χ4v) is 4.17. The third-order valence-corrected chi connectivity index (χ3v) is 5.88. The first kappa shape index (κ1) is 20.5. The number of rotatable bonds is 5. The predicted octanol–water partition coefficient (Wildman–Crippen LogP) is 4.48. The Hall–Kier alpha value is -3.11. The molecule has 1 aromatic heterocycles. The number of nitrogens with zero attached hydrogens (tertiary/aromatic N) is 3. The molecule has 3 heterocycles. The van der Waals surface area contributed by atoms with Gasteiger partial charge in [0, 0.05) is 25.1 Å². The SMILES string of the molecule is [2H]COc1cc(O[C@@H]2CCN(C)CC2(F)F)c2c(Nc3c(Cl)ccc4c3OCO4)ncnc2c1. The number of ether oxygens (including phenoxy) is 4. The first-order valence-electron chi connectivity index (χ1n) is 10.9. The van der Waals surface area contributed by atoms with Crippen LogP contribution in [0.15, 0.2) is 30.6 Å². The summed E-state index contributed by atoms with van der Waals surface area (Å²) in [7, 11) is 1.29. The van der Waals surface area contributed by atoms with Gasteiger partial charge in [-0.15, -0.1) is 0 Å². The van der Waals surface area contributed by atoms with Crippen molar-refractivity contribution in [1.82, 2.24) is 14.9 Å². The molecule has 1 atom stereocenters. The molecule has 0 aliphatic carbocycles. The Morgan fingerprint density at radius 2 is 2.18 bits per heavy atom. The van der Waals surface area contributed by atoms with E-state index in [1.54, 1.807) is 30.1 Å². The molecule has 0 saturated carbocycles. The Morgan fingerprint density at radius 1 is 1.30 bits per heavy atom. The fourth-order valence-electron chi connectivity index (χ4n) is 3.97. The minimum Gasteiger partial charge on any atom is -0.497 e. The number of likely N-dealkylation sites (tertiary alicyclic amines) is 1.